The number of rotatable bonds is 5. The molecule has 1 aromatic rings. The molecule has 2 rings (SSSR count). The van der Waals surface area contributed by atoms with Gasteiger partial charge in [0, 0.05) is 30.6 Å². The minimum atomic E-state index is 0.538. The minimum absolute atomic E-state index is 0.538. The quantitative estimate of drug-likeness (QED) is 0.906. The van der Waals surface area contributed by atoms with Crippen molar-refractivity contribution < 1.29 is 0 Å². The Balaban J connectivity index is 2.26. The number of nitrogens with one attached hydrogen (secondary N) is 1. The Kier molecular flexibility index (Phi) is 6.02. The van der Waals surface area contributed by atoms with Gasteiger partial charge in [0.1, 0.15) is 0 Å². The van der Waals surface area contributed by atoms with Crippen LogP contribution >= 0.6 is 11.3 Å². The average Bonchev–Trinajstić information content (AvgIpc) is 2.78. The molecule has 0 radical (unpaired) electrons. The lowest BCUT2D eigenvalue weighted by Gasteiger charge is -2.27. The number of aromatic nitrogens is 1. The van der Waals surface area contributed by atoms with Crippen LogP contribution in [0.2, 0.25) is 0 Å². The van der Waals surface area contributed by atoms with Gasteiger partial charge in [-0.05, 0) is 46.3 Å². The van der Waals surface area contributed by atoms with Crippen LogP contribution in [0.25, 0.3) is 0 Å². The molecule has 0 aliphatic carbocycles. The fraction of sp³-hybridized carbons (Fsp3) is 0.812. The number of thiazole rings is 1. The number of nitrogens with zero attached hydrogens (tertiary/aromatic N) is 3. The van der Waals surface area contributed by atoms with E-state index < -0.39 is 0 Å². The largest absolute Gasteiger partial charge is 0.344 e. The van der Waals surface area contributed by atoms with Crippen molar-refractivity contribution in [2.45, 2.75) is 52.1 Å². The summed E-state index contributed by atoms with van der Waals surface area (Å²) in [6, 6.07) is 0.538. The van der Waals surface area contributed by atoms with Crippen LogP contribution in [0.5, 0.6) is 0 Å². The molecule has 120 valence electrons. The van der Waals surface area contributed by atoms with Crippen LogP contribution in [0.1, 0.15) is 50.1 Å². The van der Waals surface area contributed by atoms with Gasteiger partial charge in [-0.25, -0.2) is 4.98 Å². The van der Waals surface area contributed by atoms with E-state index in [0.29, 0.717) is 12.0 Å². The average molecular weight is 311 g/mol. The van der Waals surface area contributed by atoms with Gasteiger partial charge in [0.2, 0.25) is 0 Å². The highest BCUT2D eigenvalue weighted by molar-refractivity contribution is 7.15. The number of hydrogen-bond acceptors (Lipinski definition) is 5. The van der Waals surface area contributed by atoms with Gasteiger partial charge < -0.3 is 15.1 Å². The van der Waals surface area contributed by atoms with Crippen LogP contribution in [-0.2, 0) is 6.54 Å². The molecule has 4 nitrogen and oxygen atoms in total. The van der Waals surface area contributed by atoms with E-state index in [0.717, 1.165) is 26.1 Å². The predicted octanol–water partition coefficient (Wildman–Crippen LogP) is 2.91. The first kappa shape index (κ1) is 16.7. The summed E-state index contributed by atoms with van der Waals surface area (Å²) >= 11 is 1.88. The van der Waals surface area contributed by atoms with Crippen molar-refractivity contribution in [3.63, 3.8) is 0 Å². The molecule has 0 bridgehead atoms. The minimum Gasteiger partial charge on any atom is -0.344 e. The van der Waals surface area contributed by atoms with Crippen LogP contribution in [0.15, 0.2) is 0 Å². The van der Waals surface area contributed by atoms with Gasteiger partial charge in [0.15, 0.2) is 5.13 Å². The molecule has 0 spiro atoms. The zero-order valence-corrected chi connectivity index (χ0v) is 15.0. The molecule has 1 fully saturated rings. The fourth-order valence-corrected chi connectivity index (χ4v) is 4.32. The summed E-state index contributed by atoms with van der Waals surface area (Å²) in [5, 5.41) is 4.51. The van der Waals surface area contributed by atoms with E-state index in [1.54, 1.807) is 0 Å². The van der Waals surface area contributed by atoms with Crippen LogP contribution < -0.4 is 10.2 Å². The molecule has 1 aliphatic rings. The summed E-state index contributed by atoms with van der Waals surface area (Å²) in [7, 11) is 4.24. The van der Waals surface area contributed by atoms with Crippen LogP contribution in [0, 0.1) is 0 Å². The molecule has 1 aromatic heterocycles. The highest BCUT2D eigenvalue weighted by Gasteiger charge is 2.24. The van der Waals surface area contributed by atoms with Crippen molar-refractivity contribution in [2.24, 2.45) is 0 Å². The molecule has 0 saturated carbocycles. The van der Waals surface area contributed by atoms with Crippen molar-refractivity contribution in [3.8, 4) is 0 Å². The van der Waals surface area contributed by atoms with Crippen molar-refractivity contribution in [1.29, 1.82) is 0 Å². The molecule has 2 atom stereocenters. The van der Waals surface area contributed by atoms with E-state index in [1.165, 1.54) is 28.7 Å². The van der Waals surface area contributed by atoms with Crippen LogP contribution in [0.3, 0.4) is 0 Å². The fourth-order valence-electron chi connectivity index (χ4n) is 3.00. The zero-order chi connectivity index (χ0) is 15.4. The second-order valence-electron chi connectivity index (χ2n) is 6.30. The molecular formula is C16H30N4S. The maximum absolute atomic E-state index is 5.03. The summed E-state index contributed by atoms with van der Waals surface area (Å²) in [5.41, 5.74) is 1.30. The van der Waals surface area contributed by atoms with Gasteiger partial charge >= 0.3 is 0 Å². The highest BCUT2D eigenvalue weighted by atomic mass is 32.1. The molecule has 1 N–H and O–H groups in total. The van der Waals surface area contributed by atoms with Gasteiger partial charge in [-0.1, -0.05) is 13.8 Å². The molecule has 21 heavy (non-hydrogen) atoms. The summed E-state index contributed by atoms with van der Waals surface area (Å²) in [4.78, 5) is 11.4. The third kappa shape index (κ3) is 3.96. The summed E-state index contributed by atoms with van der Waals surface area (Å²) in [6.45, 7) is 11.2. The maximum atomic E-state index is 5.03. The molecule has 2 heterocycles. The smallest absolute Gasteiger partial charge is 0.186 e. The molecular weight excluding hydrogens is 280 g/mol. The van der Waals surface area contributed by atoms with Crippen LogP contribution in [-0.4, -0.2) is 49.7 Å². The van der Waals surface area contributed by atoms with Gasteiger partial charge in [0.25, 0.3) is 0 Å². The van der Waals surface area contributed by atoms with Crippen molar-refractivity contribution in [1.82, 2.24) is 15.2 Å². The number of likely N-dealkylation sites (N-methyl/N-ethyl adjacent to an activating group) is 1. The Morgan fingerprint density at radius 2 is 2.19 bits per heavy atom. The Labute approximate surface area is 133 Å². The lowest BCUT2D eigenvalue weighted by Crippen LogP contribution is -2.37. The number of hydrogen-bond donors (Lipinski definition) is 1. The van der Waals surface area contributed by atoms with E-state index in [-0.39, 0.29) is 0 Å². The van der Waals surface area contributed by atoms with Crippen LogP contribution in [0.4, 0.5) is 5.13 Å². The first-order valence-corrected chi connectivity index (χ1v) is 8.97. The molecule has 0 amide bonds. The van der Waals surface area contributed by atoms with Gasteiger partial charge in [-0.3, -0.25) is 0 Å². The normalized spacial score (nSPS) is 22.3. The Bertz CT molecular complexity index is 445. The molecule has 1 aliphatic heterocycles. The third-order valence-corrected chi connectivity index (χ3v) is 5.53. The van der Waals surface area contributed by atoms with E-state index >= 15 is 0 Å². The predicted molar refractivity (Wildman–Crippen MR) is 92.5 cm³/mol. The van der Waals surface area contributed by atoms with Gasteiger partial charge in [-0.15, -0.1) is 11.3 Å². The standard InChI is InChI=1S/C16H30N4S/c1-6-12(2)15-14(10-17-4)21-16(18-15)20-9-7-8-19(5)11-13(20)3/h12-13,17H,6-11H2,1-5H3. The monoisotopic (exact) mass is 310 g/mol. The zero-order valence-electron chi connectivity index (χ0n) is 14.1. The third-order valence-electron chi connectivity index (χ3n) is 4.43. The molecule has 2 unspecified atom stereocenters. The molecule has 0 aromatic carbocycles. The molecule has 1 saturated heterocycles. The van der Waals surface area contributed by atoms with E-state index in [1.807, 2.05) is 18.4 Å². The highest BCUT2D eigenvalue weighted by Crippen LogP contribution is 2.33. The van der Waals surface area contributed by atoms with Crippen molar-refractivity contribution >= 4 is 16.5 Å². The lowest BCUT2D eigenvalue weighted by molar-refractivity contribution is 0.337. The van der Waals surface area contributed by atoms with E-state index in [4.69, 9.17) is 4.98 Å². The first-order valence-electron chi connectivity index (χ1n) is 8.16. The number of anilines is 1. The summed E-state index contributed by atoms with van der Waals surface area (Å²) < 4.78 is 0. The SMILES string of the molecule is CCC(C)c1nc(N2CCCN(C)CC2C)sc1CNC. The van der Waals surface area contributed by atoms with E-state index in [2.05, 4.69) is 42.9 Å². The second kappa shape index (κ2) is 7.56. The maximum Gasteiger partial charge on any atom is 0.186 e. The molecule has 5 heteroatoms. The lowest BCUT2D eigenvalue weighted by atomic mass is 10.0. The second-order valence-corrected chi connectivity index (χ2v) is 7.36. The summed E-state index contributed by atoms with van der Waals surface area (Å²) in [6.07, 6.45) is 2.37. The van der Waals surface area contributed by atoms with Crippen molar-refractivity contribution in [3.05, 3.63) is 10.6 Å². The van der Waals surface area contributed by atoms with Gasteiger partial charge in [-0.2, -0.15) is 0 Å². The summed E-state index contributed by atoms with van der Waals surface area (Å²) in [5.74, 6) is 0.545. The Morgan fingerprint density at radius 3 is 2.86 bits per heavy atom. The Morgan fingerprint density at radius 1 is 1.43 bits per heavy atom. The van der Waals surface area contributed by atoms with Gasteiger partial charge in [0.05, 0.1) is 5.69 Å². The van der Waals surface area contributed by atoms with Crippen molar-refractivity contribution in [2.75, 3.05) is 38.6 Å². The van der Waals surface area contributed by atoms with E-state index in [9.17, 15) is 0 Å². The topological polar surface area (TPSA) is 31.4 Å². The first-order chi connectivity index (χ1) is 10.1. The Hall–Kier alpha value is -0.650.